The molecule has 0 spiro atoms. The Kier molecular flexibility index (Phi) is 6.40. The zero-order valence-corrected chi connectivity index (χ0v) is 12.8. The van der Waals surface area contributed by atoms with Crippen LogP contribution in [0.2, 0.25) is 0 Å². The summed E-state index contributed by atoms with van der Waals surface area (Å²) in [5.74, 6) is -0.274. The average molecular weight is 330 g/mol. The Morgan fingerprint density at radius 2 is 2.09 bits per heavy atom. The van der Waals surface area contributed by atoms with E-state index >= 15 is 0 Å². The first kappa shape index (κ1) is 18.0. The van der Waals surface area contributed by atoms with Crippen LogP contribution in [0.15, 0.2) is 29.2 Å². The fraction of sp³-hybridized carbons (Fsp3) is 0.417. The fourth-order valence-electron chi connectivity index (χ4n) is 1.60. The molecule has 0 aliphatic rings. The van der Waals surface area contributed by atoms with Crippen molar-refractivity contribution in [3.63, 3.8) is 0 Å². The molecule has 0 aromatic heterocycles. The number of carbonyl (C=O) groups is 1. The number of nitro benzene ring substituents is 1. The first-order valence-electron chi connectivity index (χ1n) is 6.49. The van der Waals surface area contributed by atoms with E-state index in [0.29, 0.717) is 0 Å². The molecule has 10 heteroatoms. The van der Waals surface area contributed by atoms with Gasteiger partial charge in [-0.15, -0.1) is 0 Å². The van der Waals surface area contributed by atoms with Crippen LogP contribution >= 0.6 is 0 Å². The van der Waals surface area contributed by atoms with Crippen molar-refractivity contribution in [2.75, 3.05) is 13.1 Å². The Morgan fingerprint density at radius 3 is 2.68 bits per heavy atom. The van der Waals surface area contributed by atoms with Crippen LogP contribution in [0.25, 0.3) is 0 Å². The lowest BCUT2D eigenvalue weighted by atomic mass is 10.2. The number of nitro groups is 1. The molecule has 0 aliphatic heterocycles. The van der Waals surface area contributed by atoms with E-state index < -0.39 is 14.9 Å². The molecular weight excluding hydrogens is 312 g/mol. The summed E-state index contributed by atoms with van der Waals surface area (Å²) in [5.41, 5.74) is 5.14. The summed E-state index contributed by atoms with van der Waals surface area (Å²) in [6, 6.07) is 4.44. The van der Waals surface area contributed by atoms with E-state index in [2.05, 4.69) is 10.0 Å². The molecule has 0 heterocycles. The number of benzene rings is 1. The second kappa shape index (κ2) is 7.82. The molecule has 122 valence electrons. The van der Waals surface area contributed by atoms with E-state index in [1.807, 2.05) is 0 Å². The zero-order valence-electron chi connectivity index (χ0n) is 12.0. The standard InChI is InChI=1S/C12H18N4O5S/c1-9(13)7-12(17)14-5-6-15-22(20,21)11-4-2-3-10(8-11)16(18)19/h2-4,8-9,15H,5-7,13H2,1H3,(H,14,17). The molecule has 4 N–H and O–H groups in total. The largest absolute Gasteiger partial charge is 0.355 e. The van der Waals surface area contributed by atoms with Crippen molar-refractivity contribution in [3.05, 3.63) is 34.4 Å². The van der Waals surface area contributed by atoms with Gasteiger partial charge >= 0.3 is 0 Å². The topological polar surface area (TPSA) is 144 Å². The normalized spacial score (nSPS) is 12.6. The number of nitrogens with two attached hydrogens (primary N) is 1. The molecular formula is C12H18N4O5S. The lowest BCUT2D eigenvalue weighted by Crippen LogP contribution is -2.36. The maximum absolute atomic E-state index is 12.0. The van der Waals surface area contributed by atoms with E-state index in [-0.39, 0.29) is 42.0 Å². The number of carbonyl (C=O) groups excluding carboxylic acids is 1. The summed E-state index contributed by atoms with van der Waals surface area (Å²) < 4.78 is 26.2. The SMILES string of the molecule is CC(N)CC(=O)NCCNS(=O)(=O)c1cccc([N+](=O)[O-])c1. The molecule has 0 saturated carbocycles. The van der Waals surface area contributed by atoms with Gasteiger partial charge in [0.2, 0.25) is 15.9 Å². The van der Waals surface area contributed by atoms with Gasteiger partial charge in [0, 0.05) is 37.7 Å². The third-order valence-corrected chi connectivity index (χ3v) is 4.04. The highest BCUT2D eigenvalue weighted by Gasteiger charge is 2.17. The van der Waals surface area contributed by atoms with Gasteiger partial charge in [-0.2, -0.15) is 0 Å². The lowest BCUT2D eigenvalue weighted by Gasteiger charge is -2.09. The minimum absolute atomic E-state index is 0.0320. The van der Waals surface area contributed by atoms with Crippen molar-refractivity contribution >= 4 is 21.6 Å². The highest BCUT2D eigenvalue weighted by molar-refractivity contribution is 7.89. The predicted molar refractivity (Wildman–Crippen MR) is 79.6 cm³/mol. The van der Waals surface area contributed by atoms with Crippen LogP contribution in [0.5, 0.6) is 0 Å². The van der Waals surface area contributed by atoms with Gasteiger partial charge in [-0.3, -0.25) is 14.9 Å². The van der Waals surface area contributed by atoms with Gasteiger partial charge < -0.3 is 11.1 Å². The minimum Gasteiger partial charge on any atom is -0.355 e. The van der Waals surface area contributed by atoms with Crippen LogP contribution in [-0.4, -0.2) is 38.4 Å². The van der Waals surface area contributed by atoms with Gasteiger partial charge in [0.25, 0.3) is 5.69 Å². The molecule has 1 atom stereocenters. The third kappa shape index (κ3) is 5.76. The summed E-state index contributed by atoms with van der Waals surface area (Å²) >= 11 is 0. The van der Waals surface area contributed by atoms with Crippen LogP contribution in [0.4, 0.5) is 5.69 Å². The van der Waals surface area contributed by atoms with Crippen molar-refractivity contribution in [1.29, 1.82) is 0 Å². The molecule has 0 aliphatic carbocycles. The maximum atomic E-state index is 12.0. The number of nitrogens with one attached hydrogen (secondary N) is 2. The van der Waals surface area contributed by atoms with E-state index in [1.54, 1.807) is 6.92 Å². The molecule has 1 amide bonds. The summed E-state index contributed by atoms with van der Waals surface area (Å²) in [6.45, 7) is 1.75. The quantitative estimate of drug-likeness (QED) is 0.340. The van der Waals surface area contributed by atoms with Crippen molar-refractivity contribution < 1.29 is 18.1 Å². The number of nitrogens with zero attached hydrogens (tertiary/aromatic N) is 1. The van der Waals surface area contributed by atoms with Crippen LogP contribution < -0.4 is 15.8 Å². The van der Waals surface area contributed by atoms with Crippen molar-refractivity contribution in [1.82, 2.24) is 10.0 Å². The average Bonchev–Trinajstić information content (AvgIpc) is 2.43. The highest BCUT2D eigenvalue weighted by atomic mass is 32.2. The van der Waals surface area contributed by atoms with Crippen LogP contribution in [-0.2, 0) is 14.8 Å². The van der Waals surface area contributed by atoms with E-state index in [1.165, 1.54) is 18.2 Å². The number of hydrogen-bond donors (Lipinski definition) is 3. The summed E-state index contributed by atoms with van der Waals surface area (Å²) in [6.07, 6.45) is 0.150. The Morgan fingerprint density at radius 1 is 1.41 bits per heavy atom. The number of non-ortho nitro benzene ring substituents is 1. The number of sulfonamides is 1. The number of amides is 1. The molecule has 0 radical (unpaired) electrons. The highest BCUT2D eigenvalue weighted by Crippen LogP contribution is 2.16. The summed E-state index contributed by atoms with van der Waals surface area (Å²) in [5, 5.41) is 13.1. The Bertz CT molecular complexity index is 645. The first-order chi connectivity index (χ1) is 10.2. The minimum atomic E-state index is -3.87. The maximum Gasteiger partial charge on any atom is 0.270 e. The van der Waals surface area contributed by atoms with Crippen LogP contribution in [0, 0.1) is 10.1 Å². The molecule has 1 aromatic rings. The van der Waals surface area contributed by atoms with Crippen molar-refractivity contribution in [3.8, 4) is 0 Å². The number of hydrogen-bond acceptors (Lipinski definition) is 6. The third-order valence-electron chi connectivity index (χ3n) is 2.59. The zero-order chi connectivity index (χ0) is 16.8. The van der Waals surface area contributed by atoms with Gasteiger partial charge in [0.1, 0.15) is 0 Å². The second-order valence-electron chi connectivity index (χ2n) is 4.68. The fourth-order valence-corrected chi connectivity index (χ4v) is 2.67. The molecule has 0 saturated heterocycles. The van der Waals surface area contributed by atoms with Gasteiger partial charge in [0.05, 0.1) is 9.82 Å². The molecule has 1 unspecified atom stereocenters. The van der Waals surface area contributed by atoms with Crippen LogP contribution in [0.3, 0.4) is 0 Å². The molecule has 1 rings (SSSR count). The molecule has 1 aromatic carbocycles. The second-order valence-corrected chi connectivity index (χ2v) is 6.45. The molecule has 9 nitrogen and oxygen atoms in total. The van der Waals surface area contributed by atoms with Crippen LogP contribution in [0.1, 0.15) is 13.3 Å². The van der Waals surface area contributed by atoms with E-state index in [9.17, 15) is 23.3 Å². The first-order valence-corrected chi connectivity index (χ1v) is 7.97. The van der Waals surface area contributed by atoms with E-state index in [4.69, 9.17) is 5.73 Å². The Hall–Kier alpha value is -2.04. The predicted octanol–water partition coefficient (Wildman–Crippen LogP) is -0.273. The van der Waals surface area contributed by atoms with Crippen molar-refractivity contribution in [2.24, 2.45) is 5.73 Å². The summed E-state index contributed by atoms with van der Waals surface area (Å²) in [7, 11) is -3.87. The van der Waals surface area contributed by atoms with E-state index in [0.717, 1.165) is 6.07 Å². The monoisotopic (exact) mass is 330 g/mol. The Labute approximate surface area is 128 Å². The molecule has 0 bridgehead atoms. The van der Waals surface area contributed by atoms with Gasteiger partial charge in [-0.25, -0.2) is 13.1 Å². The number of rotatable bonds is 8. The smallest absolute Gasteiger partial charge is 0.270 e. The van der Waals surface area contributed by atoms with Gasteiger partial charge in [-0.05, 0) is 13.0 Å². The molecule has 22 heavy (non-hydrogen) atoms. The van der Waals surface area contributed by atoms with Crippen molar-refractivity contribution in [2.45, 2.75) is 24.3 Å². The Balaban J connectivity index is 2.56. The summed E-state index contributed by atoms with van der Waals surface area (Å²) in [4.78, 5) is 21.1. The van der Waals surface area contributed by atoms with Gasteiger partial charge in [0.15, 0.2) is 0 Å². The van der Waals surface area contributed by atoms with Gasteiger partial charge in [-0.1, -0.05) is 6.07 Å². The lowest BCUT2D eigenvalue weighted by molar-refractivity contribution is -0.385. The molecule has 0 fully saturated rings.